The standard InChI is InChI=1S/C22H27N3O2/c1-17-9-10-23-15-19(17)22(26)25-13-14-27-20(16-24-11-5-6-12-24)21(25)18-7-3-2-4-8-18/h2-4,7-10,15,20-21H,5-6,11-14,16H2,1H3/t20-,21-/m0/s1. The molecule has 2 atom stereocenters. The summed E-state index contributed by atoms with van der Waals surface area (Å²) in [5.41, 5.74) is 2.78. The highest BCUT2D eigenvalue weighted by atomic mass is 16.5. The molecule has 5 nitrogen and oxygen atoms in total. The van der Waals surface area contributed by atoms with Gasteiger partial charge in [-0.25, -0.2) is 0 Å². The Hall–Kier alpha value is -2.24. The van der Waals surface area contributed by atoms with Crippen molar-refractivity contribution in [3.63, 3.8) is 0 Å². The highest BCUT2D eigenvalue weighted by Gasteiger charge is 2.38. The highest BCUT2D eigenvalue weighted by molar-refractivity contribution is 5.95. The maximum absolute atomic E-state index is 13.4. The number of carbonyl (C=O) groups excluding carboxylic acids is 1. The van der Waals surface area contributed by atoms with Gasteiger partial charge in [-0.05, 0) is 50.0 Å². The number of benzene rings is 1. The predicted octanol–water partition coefficient (Wildman–Crippen LogP) is 3.07. The van der Waals surface area contributed by atoms with Gasteiger partial charge in [0.2, 0.25) is 0 Å². The lowest BCUT2D eigenvalue weighted by molar-refractivity contribution is -0.0707. The molecule has 0 saturated carbocycles. The maximum atomic E-state index is 13.4. The summed E-state index contributed by atoms with van der Waals surface area (Å²) < 4.78 is 6.20. The molecule has 2 saturated heterocycles. The van der Waals surface area contributed by atoms with Gasteiger partial charge in [-0.15, -0.1) is 0 Å². The summed E-state index contributed by atoms with van der Waals surface area (Å²) in [6, 6.07) is 12.1. The average Bonchev–Trinajstić information content (AvgIpc) is 3.21. The van der Waals surface area contributed by atoms with E-state index in [1.54, 1.807) is 12.4 Å². The van der Waals surface area contributed by atoms with Gasteiger partial charge in [-0.2, -0.15) is 0 Å². The fraction of sp³-hybridized carbons (Fsp3) is 0.455. The van der Waals surface area contributed by atoms with Crippen LogP contribution in [0.5, 0.6) is 0 Å². The minimum absolute atomic E-state index is 0.0137. The van der Waals surface area contributed by atoms with Crippen LogP contribution in [0.1, 0.15) is 40.4 Å². The lowest BCUT2D eigenvalue weighted by Crippen LogP contribution is -2.51. The highest BCUT2D eigenvalue weighted by Crippen LogP contribution is 2.32. The maximum Gasteiger partial charge on any atom is 0.256 e. The molecule has 2 aliphatic rings. The zero-order valence-corrected chi connectivity index (χ0v) is 15.9. The predicted molar refractivity (Wildman–Crippen MR) is 105 cm³/mol. The second-order valence-electron chi connectivity index (χ2n) is 7.46. The van der Waals surface area contributed by atoms with E-state index in [0.717, 1.165) is 30.8 Å². The Morgan fingerprint density at radius 3 is 2.67 bits per heavy atom. The number of aromatic nitrogens is 1. The van der Waals surface area contributed by atoms with Gasteiger partial charge < -0.3 is 14.5 Å². The van der Waals surface area contributed by atoms with Gasteiger partial charge in [0.15, 0.2) is 0 Å². The van der Waals surface area contributed by atoms with Crippen LogP contribution in [-0.4, -0.2) is 59.6 Å². The van der Waals surface area contributed by atoms with Crippen molar-refractivity contribution in [1.29, 1.82) is 0 Å². The number of nitrogens with zero attached hydrogens (tertiary/aromatic N) is 3. The normalized spacial score (nSPS) is 23.5. The van der Waals surface area contributed by atoms with E-state index in [2.05, 4.69) is 22.0 Å². The molecular weight excluding hydrogens is 338 g/mol. The Kier molecular flexibility index (Phi) is 5.50. The Morgan fingerprint density at radius 1 is 1.15 bits per heavy atom. The molecule has 1 amide bonds. The smallest absolute Gasteiger partial charge is 0.256 e. The Labute approximate surface area is 161 Å². The van der Waals surface area contributed by atoms with Gasteiger partial charge in [-0.3, -0.25) is 9.78 Å². The van der Waals surface area contributed by atoms with Crippen LogP contribution in [0.15, 0.2) is 48.8 Å². The molecule has 0 unspecified atom stereocenters. The number of ether oxygens (including phenoxy) is 1. The average molecular weight is 365 g/mol. The van der Waals surface area contributed by atoms with Crippen LogP contribution >= 0.6 is 0 Å². The van der Waals surface area contributed by atoms with Crippen molar-refractivity contribution in [2.24, 2.45) is 0 Å². The molecule has 2 aliphatic heterocycles. The topological polar surface area (TPSA) is 45.7 Å². The van der Waals surface area contributed by atoms with Crippen LogP contribution in [-0.2, 0) is 4.74 Å². The van der Waals surface area contributed by atoms with E-state index < -0.39 is 0 Å². The molecule has 1 aromatic carbocycles. The van der Waals surface area contributed by atoms with Crippen molar-refractivity contribution in [2.45, 2.75) is 31.9 Å². The number of amides is 1. The third-order valence-corrected chi connectivity index (χ3v) is 5.66. The number of pyridine rings is 1. The third kappa shape index (κ3) is 3.89. The molecule has 2 aromatic rings. The van der Waals surface area contributed by atoms with E-state index in [-0.39, 0.29) is 18.1 Å². The molecule has 142 valence electrons. The lowest BCUT2D eigenvalue weighted by atomic mass is 9.96. The Morgan fingerprint density at radius 2 is 1.93 bits per heavy atom. The van der Waals surface area contributed by atoms with Crippen molar-refractivity contribution in [2.75, 3.05) is 32.8 Å². The first-order chi connectivity index (χ1) is 13.2. The number of rotatable bonds is 4. The number of carbonyl (C=O) groups is 1. The van der Waals surface area contributed by atoms with Gasteiger partial charge in [0.1, 0.15) is 0 Å². The first-order valence-electron chi connectivity index (χ1n) is 9.84. The summed E-state index contributed by atoms with van der Waals surface area (Å²) in [5, 5.41) is 0. The number of likely N-dealkylation sites (tertiary alicyclic amines) is 1. The SMILES string of the molecule is Cc1ccncc1C(=O)N1CCO[C@@H](CN2CCCC2)[C@@H]1c1ccccc1. The fourth-order valence-corrected chi connectivity index (χ4v) is 4.22. The number of hydrogen-bond donors (Lipinski definition) is 0. The number of hydrogen-bond acceptors (Lipinski definition) is 4. The second kappa shape index (κ2) is 8.19. The number of aryl methyl sites for hydroxylation is 1. The minimum Gasteiger partial charge on any atom is -0.373 e. The molecule has 4 rings (SSSR count). The summed E-state index contributed by atoms with van der Waals surface area (Å²) in [4.78, 5) is 22.0. The van der Waals surface area contributed by atoms with E-state index >= 15 is 0 Å². The largest absolute Gasteiger partial charge is 0.373 e. The van der Waals surface area contributed by atoms with Crippen molar-refractivity contribution in [3.8, 4) is 0 Å². The van der Waals surface area contributed by atoms with Gasteiger partial charge in [0.05, 0.1) is 24.3 Å². The molecule has 0 spiro atoms. The van der Waals surface area contributed by atoms with Crippen LogP contribution in [0.4, 0.5) is 0 Å². The first kappa shape index (κ1) is 18.1. The molecule has 0 aliphatic carbocycles. The molecule has 1 aromatic heterocycles. The van der Waals surface area contributed by atoms with E-state index in [0.29, 0.717) is 18.7 Å². The van der Waals surface area contributed by atoms with E-state index in [1.807, 2.05) is 36.1 Å². The zero-order chi connectivity index (χ0) is 18.6. The number of morpholine rings is 1. The summed E-state index contributed by atoms with van der Waals surface area (Å²) in [7, 11) is 0. The molecule has 27 heavy (non-hydrogen) atoms. The quantitative estimate of drug-likeness (QED) is 0.835. The Bertz CT molecular complexity index is 774. The van der Waals surface area contributed by atoms with Crippen LogP contribution < -0.4 is 0 Å². The van der Waals surface area contributed by atoms with Crippen LogP contribution in [0.3, 0.4) is 0 Å². The first-order valence-corrected chi connectivity index (χ1v) is 9.84. The second-order valence-corrected chi connectivity index (χ2v) is 7.46. The molecule has 0 bridgehead atoms. The summed E-state index contributed by atoms with van der Waals surface area (Å²) >= 11 is 0. The summed E-state index contributed by atoms with van der Waals surface area (Å²) in [6.07, 6.45) is 5.90. The fourth-order valence-electron chi connectivity index (χ4n) is 4.22. The van der Waals surface area contributed by atoms with Crippen LogP contribution in [0.2, 0.25) is 0 Å². The van der Waals surface area contributed by atoms with E-state index in [9.17, 15) is 4.79 Å². The van der Waals surface area contributed by atoms with Gasteiger partial charge in [-0.1, -0.05) is 30.3 Å². The van der Waals surface area contributed by atoms with Gasteiger partial charge >= 0.3 is 0 Å². The van der Waals surface area contributed by atoms with E-state index in [1.165, 1.54) is 12.8 Å². The van der Waals surface area contributed by atoms with Crippen molar-refractivity contribution in [3.05, 3.63) is 65.5 Å². The summed E-state index contributed by atoms with van der Waals surface area (Å²) in [5.74, 6) is 0.0455. The van der Waals surface area contributed by atoms with Crippen LogP contribution in [0.25, 0.3) is 0 Å². The van der Waals surface area contributed by atoms with Crippen molar-refractivity contribution >= 4 is 5.91 Å². The van der Waals surface area contributed by atoms with Crippen molar-refractivity contribution < 1.29 is 9.53 Å². The van der Waals surface area contributed by atoms with Crippen molar-refractivity contribution in [1.82, 2.24) is 14.8 Å². The van der Waals surface area contributed by atoms with Gasteiger partial charge in [0, 0.05) is 25.5 Å². The molecule has 0 N–H and O–H groups in total. The molecule has 2 fully saturated rings. The lowest BCUT2D eigenvalue weighted by Gasteiger charge is -2.43. The van der Waals surface area contributed by atoms with Gasteiger partial charge in [0.25, 0.3) is 5.91 Å². The molecule has 0 radical (unpaired) electrons. The molecular formula is C22H27N3O2. The Balaban J connectivity index is 1.65. The third-order valence-electron chi connectivity index (χ3n) is 5.66. The zero-order valence-electron chi connectivity index (χ0n) is 15.9. The monoisotopic (exact) mass is 365 g/mol. The molecule has 5 heteroatoms. The molecule has 3 heterocycles. The van der Waals surface area contributed by atoms with E-state index in [4.69, 9.17) is 4.74 Å². The summed E-state index contributed by atoms with van der Waals surface area (Å²) in [6.45, 7) is 6.26. The minimum atomic E-state index is -0.0762. The van der Waals surface area contributed by atoms with Crippen LogP contribution in [0, 0.1) is 6.92 Å².